The van der Waals surface area contributed by atoms with E-state index in [1.165, 1.54) is 16.8 Å². The van der Waals surface area contributed by atoms with Crippen molar-refractivity contribution in [2.24, 2.45) is 0 Å². The third-order valence-corrected chi connectivity index (χ3v) is 3.71. The highest BCUT2D eigenvalue weighted by Gasteiger charge is 1.97. The molecule has 22 heavy (non-hydrogen) atoms. The largest absolute Gasteiger partial charge is 0.384 e. The topological polar surface area (TPSA) is 12.0 Å². The summed E-state index contributed by atoms with van der Waals surface area (Å²) in [5, 5.41) is 3.28. The number of rotatable bonds is 5. The van der Waals surface area contributed by atoms with Crippen LogP contribution >= 0.6 is 12.6 Å². The molecule has 0 radical (unpaired) electrons. The molecule has 0 aromatic heterocycles. The molecule has 2 rings (SSSR count). The van der Waals surface area contributed by atoms with E-state index in [1.807, 2.05) is 6.07 Å². The zero-order valence-electron chi connectivity index (χ0n) is 14.2. The van der Waals surface area contributed by atoms with Gasteiger partial charge in [-0.05, 0) is 35.1 Å². The molecule has 120 valence electrons. The molecule has 0 bridgehead atoms. The lowest BCUT2D eigenvalue weighted by atomic mass is 10.0. The van der Waals surface area contributed by atoms with E-state index in [1.54, 1.807) is 0 Å². The van der Waals surface area contributed by atoms with Gasteiger partial charge in [-0.25, -0.2) is 0 Å². The Kier molecular flexibility index (Phi) is 8.76. The van der Waals surface area contributed by atoms with Crippen molar-refractivity contribution in [2.45, 2.75) is 39.5 Å². The van der Waals surface area contributed by atoms with Gasteiger partial charge in [0.1, 0.15) is 0 Å². The van der Waals surface area contributed by atoms with Crippen molar-refractivity contribution in [2.75, 3.05) is 17.6 Å². The van der Waals surface area contributed by atoms with E-state index in [2.05, 4.69) is 94.2 Å². The van der Waals surface area contributed by atoms with Crippen LogP contribution < -0.4 is 5.32 Å². The molecule has 2 aromatic carbocycles. The molecule has 0 aliphatic heterocycles. The molecule has 1 N–H and O–H groups in total. The molecule has 0 aliphatic rings. The third-order valence-electron chi connectivity index (χ3n) is 3.48. The summed E-state index contributed by atoms with van der Waals surface area (Å²) in [7, 11) is 0. The van der Waals surface area contributed by atoms with Gasteiger partial charge in [0.2, 0.25) is 0 Å². The first-order valence-corrected chi connectivity index (χ1v) is 8.67. The summed E-state index contributed by atoms with van der Waals surface area (Å²) < 4.78 is 0. The molecule has 0 amide bonds. The lowest BCUT2D eigenvalue weighted by Crippen LogP contribution is -2.02. The van der Waals surface area contributed by atoms with Crippen LogP contribution in [-0.4, -0.2) is 12.3 Å². The van der Waals surface area contributed by atoms with E-state index >= 15 is 0 Å². The summed E-state index contributed by atoms with van der Waals surface area (Å²) >= 11 is 4.14. The van der Waals surface area contributed by atoms with Gasteiger partial charge >= 0.3 is 0 Å². The Morgan fingerprint density at radius 1 is 0.773 bits per heavy atom. The molecule has 0 saturated heterocycles. The fourth-order valence-corrected chi connectivity index (χ4v) is 2.14. The van der Waals surface area contributed by atoms with Crippen molar-refractivity contribution < 1.29 is 0 Å². The standard InChI is InChI=1S/C11H17NS.C9H12/c1-9(2)10-3-5-11(6-4-10)12-7-8-13;1-8(2)9-6-4-3-5-7-9/h3-6,9,12-13H,7-8H2,1-2H3;3-8H,1-2H3. The number of nitrogens with one attached hydrogen (secondary N) is 1. The van der Waals surface area contributed by atoms with Gasteiger partial charge < -0.3 is 5.32 Å². The second-order valence-electron chi connectivity index (χ2n) is 5.99. The molecule has 1 nitrogen and oxygen atoms in total. The molecule has 0 saturated carbocycles. The van der Waals surface area contributed by atoms with Gasteiger partial charge in [0.25, 0.3) is 0 Å². The van der Waals surface area contributed by atoms with Crippen molar-refractivity contribution in [1.82, 2.24) is 0 Å². The Bertz CT molecular complexity index is 503. The van der Waals surface area contributed by atoms with Gasteiger partial charge in [0.05, 0.1) is 0 Å². The molecule has 0 spiro atoms. The highest BCUT2D eigenvalue weighted by molar-refractivity contribution is 7.80. The number of hydrogen-bond donors (Lipinski definition) is 2. The lowest BCUT2D eigenvalue weighted by molar-refractivity contribution is 0.867. The van der Waals surface area contributed by atoms with Crippen LogP contribution in [0.25, 0.3) is 0 Å². The highest BCUT2D eigenvalue weighted by Crippen LogP contribution is 2.16. The molecule has 0 atom stereocenters. The van der Waals surface area contributed by atoms with Gasteiger partial charge in [-0.1, -0.05) is 70.2 Å². The maximum atomic E-state index is 4.14. The van der Waals surface area contributed by atoms with Crippen molar-refractivity contribution in [1.29, 1.82) is 0 Å². The van der Waals surface area contributed by atoms with Crippen molar-refractivity contribution in [3.8, 4) is 0 Å². The first-order valence-electron chi connectivity index (χ1n) is 8.04. The summed E-state index contributed by atoms with van der Waals surface area (Å²) in [5.74, 6) is 2.14. The van der Waals surface area contributed by atoms with Gasteiger partial charge in [0, 0.05) is 18.0 Å². The van der Waals surface area contributed by atoms with E-state index in [0.717, 1.165) is 12.3 Å². The van der Waals surface area contributed by atoms with E-state index in [9.17, 15) is 0 Å². The Hall–Kier alpha value is -1.41. The average molecular weight is 316 g/mol. The predicted molar refractivity (Wildman–Crippen MR) is 103 cm³/mol. The first-order chi connectivity index (χ1) is 10.5. The van der Waals surface area contributed by atoms with Crippen LogP contribution in [0.15, 0.2) is 54.6 Å². The number of anilines is 1. The SMILES string of the molecule is CC(C)c1ccc(NCCS)cc1.CC(C)c1ccccc1. The highest BCUT2D eigenvalue weighted by atomic mass is 32.1. The van der Waals surface area contributed by atoms with Gasteiger partial charge in [-0.3, -0.25) is 0 Å². The number of thiol groups is 1. The summed E-state index contributed by atoms with van der Waals surface area (Å²) in [6.45, 7) is 9.74. The maximum absolute atomic E-state index is 4.14. The average Bonchev–Trinajstić information content (AvgIpc) is 2.54. The number of hydrogen-bond acceptors (Lipinski definition) is 2. The fraction of sp³-hybridized carbons (Fsp3) is 0.400. The summed E-state index contributed by atoms with van der Waals surface area (Å²) in [4.78, 5) is 0. The van der Waals surface area contributed by atoms with Gasteiger partial charge in [-0.15, -0.1) is 0 Å². The van der Waals surface area contributed by atoms with Gasteiger partial charge in [0.15, 0.2) is 0 Å². The third kappa shape index (κ3) is 7.04. The van der Waals surface area contributed by atoms with Crippen LogP contribution in [0, 0.1) is 0 Å². The molecule has 2 heteroatoms. The number of benzene rings is 2. The second kappa shape index (κ2) is 10.3. The van der Waals surface area contributed by atoms with Crippen LogP contribution in [0.2, 0.25) is 0 Å². The fourth-order valence-electron chi connectivity index (χ4n) is 2.02. The van der Waals surface area contributed by atoms with E-state index < -0.39 is 0 Å². The minimum absolute atomic E-state index is 0.610. The van der Waals surface area contributed by atoms with Crippen molar-refractivity contribution in [3.05, 3.63) is 65.7 Å². The lowest BCUT2D eigenvalue weighted by Gasteiger charge is -2.07. The molecular weight excluding hydrogens is 286 g/mol. The summed E-state index contributed by atoms with van der Waals surface area (Å²) in [6.07, 6.45) is 0. The Labute approximate surface area is 141 Å². The van der Waals surface area contributed by atoms with E-state index in [-0.39, 0.29) is 0 Å². The molecular formula is C20H29NS. The monoisotopic (exact) mass is 315 g/mol. The van der Waals surface area contributed by atoms with Crippen LogP contribution in [0.3, 0.4) is 0 Å². The smallest absolute Gasteiger partial charge is 0.0340 e. The van der Waals surface area contributed by atoms with Crippen molar-refractivity contribution >= 4 is 18.3 Å². The summed E-state index contributed by atoms with van der Waals surface area (Å²) in [6, 6.07) is 19.1. The van der Waals surface area contributed by atoms with Gasteiger partial charge in [-0.2, -0.15) is 12.6 Å². The van der Waals surface area contributed by atoms with Crippen LogP contribution in [0.4, 0.5) is 5.69 Å². The quantitative estimate of drug-likeness (QED) is 0.648. The Morgan fingerprint density at radius 2 is 1.27 bits per heavy atom. The minimum Gasteiger partial charge on any atom is -0.384 e. The van der Waals surface area contributed by atoms with Crippen molar-refractivity contribution in [3.63, 3.8) is 0 Å². The minimum atomic E-state index is 0.610. The Balaban J connectivity index is 0.000000235. The van der Waals surface area contributed by atoms with E-state index in [4.69, 9.17) is 0 Å². The van der Waals surface area contributed by atoms with Crippen LogP contribution in [0.5, 0.6) is 0 Å². The van der Waals surface area contributed by atoms with E-state index in [0.29, 0.717) is 11.8 Å². The predicted octanol–water partition coefficient (Wildman–Crippen LogP) is 5.96. The molecule has 0 aliphatic carbocycles. The van der Waals surface area contributed by atoms with Crippen LogP contribution in [-0.2, 0) is 0 Å². The molecule has 2 aromatic rings. The summed E-state index contributed by atoms with van der Waals surface area (Å²) in [5.41, 5.74) is 3.98. The zero-order chi connectivity index (χ0) is 16.4. The molecule has 0 heterocycles. The first kappa shape index (κ1) is 18.6. The maximum Gasteiger partial charge on any atom is 0.0340 e. The molecule has 0 fully saturated rings. The molecule has 0 unspecified atom stereocenters. The zero-order valence-corrected chi connectivity index (χ0v) is 15.1. The Morgan fingerprint density at radius 3 is 1.68 bits per heavy atom. The second-order valence-corrected chi connectivity index (χ2v) is 6.44. The normalized spacial score (nSPS) is 10.3. The van der Waals surface area contributed by atoms with Crippen LogP contribution in [0.1, 0.15) is 50.7 Å².